The second-order valence-corrected chi connectivity index (χ2v) is 18.0. The normalized spacial score (nSPS) is 17.4. The van der Waals surface area contributed by atoms with Gasteiger partial charge in [0.05, 0.1) is 37.1 Å². The van der Waals surface area contributed by atoms with Crippen molar-refractivity contribution < 1.29 is 28.6 Å². The summed E-state index contributed by atoms with van der Waals surface area (Å²) in [5, 5.41) is 4.80. The number of nitrogens with one attached hydrogen (secondary N) is 1. The van der Waals surface area contributed by atoms with E-state index < -0.39 is 43.9 Å². The number of fused-ring (bicyclic) bond motifs is 5. The molecule has 11 heteroatoms. The van der Waals surface area contributed by atoms with Gasteiger partial charge in [0.25, 0.3) is 5.56 Å². The molecule has 1 unspecified atom stereocenters. The molecule has 0 aliphatic carbocycles. The molecule has 1 aromatic carbocycles. The highest BCUT2D eigenvalue weighted by Crippen LogP contribution is 2.41. The van der Waals surface area contributed by atoms with E-state index in [2.05, 4.69) is 31.4 Å². The van der Waals surface area contributed by atoms with E-state index in [9.17, 15) is 19.2 Å². The van der Waals surface area contributed by atoms with Crippen molar-refractivity contribution in [1.29, 1.82) is 0 Å². The molecule has 0 bridgehead atoms. The van der Waals surface area contributed by atoms with Gasteiger partial charge in [0.1, 0.15) is 18.8 Å². The number of pyridine rings is 2. The molecule has 0 saturated carbocycles. The van der Waals surface area contributed by atoms with Crippen LogP contribution in [0.1, 0.15) is 70.6 Å². The molecule has 0 fully saturated rings. The van der Waals surface area contributed by atoms with Crippen LogP contribution in [0.5, 0.6) is 0 Å². The number of carbonyl (C=O) groups is 3. The molecular formula is C33H41N3O7Si. The highest BCUT2D eigenvalue weighted by Gasteiger charge is 2.50. The summed E-state index contributed by atoms with van der Waals surface area (Å²) in [5.74, 6) is -1.63. The van der Waals surface area contributed by atoms with E-state index in [1.807, 2.05) is 18.2 Å². The molecule has 1 N–H and O–H groups in total. The third-order valence-electron chi connectivity index (χ3n) is 8.46. The number of unbranched alkanes of at least 4 members (excludes halogenated alkanes) is 1. The molecule has 234 valence electrons. The average Bonchev–Trinajstić information content (AvgIpc) is 3.32. The minimum Gasteiger partial charge on any atom is -0.457 e. The van der Waals surface area contributed by atoms with Crippen LogP contribution in [0.15, 0.2) is 35.1 Å². The van der Waals surface area contributed by atoms with E-state index in [-0.39, 0.29) is 24.2 Å². The Bertz CT molecular complexity index is 1720. The van der Waals surface area contributed by atoms with Gasteiger partial charge >= 0.3 is 18.0 Å². The number of para-hydroxylation sites is 1. The minimum absolute atomic E-state index is 0.0279. The fraction of sp³-hybridized carbons (Fsp3) is 0.485. The molecule has 1 atom stereocenters. The van der Waals surface area contributed by atoms with E-state index in [4.69, 9.17) is 19.2 Å². The van der Waals surface area contributed by atoms with Crippen LogP contribution in [-0.2, 0) is 42.6 Å². The summed E-state index contributed by atoms with van der Waals surface area (Å²) < 4.78 is 18.2. The van der Waals surface area contributed by atoms with Crippen molar-refractivity contribution in [2.75, 3.05) is 6.54 Å². The smallest absolute Gasteiger partial charge is 0.408 e. The summed E-state index contributed by atoms with van der Waals surface area (Å²) in [6.45, 7) is 13.4. The highest BCUT2D eigenvalue weighted by atomic mass is 28.3. The van der Waals surface area contributed by atoms with Crippen LogP contribution >= 0.6 is 0 Å². The van der Waals surface area contributed by atoms with Crippen molar-refractivity contribution in [3.63, 3.8) is 0 Å². The molecule has 5 rings (SSSR count). The Labute approximate surface area is 258 Å². The number of amides is 1. The quantitative estimate of drug-likeness (QED) is 0.168. The monoisotopic (exact) mass is 619 g/mol. The Kier molecular flexibility index (Phi) is 8.21. The van der Waals surface area contributed by atoms with Gasteiger partial charge in [-0.05, 0) is 55.5 Å². The lowest BCUT2D eigenvalue weighted by Crippen LogP contribution is -2.49. The maximum atomic E-state index is 14.1. The first kappa shape index (κ1) is 31.4. The zero-order valence-corrected chi connectivity index (χ0v) is 27.6. The Balaban J connectivity index is 1.61. The number of cyclic esters (lactones) is 1. The minimum atomic E-state index is -1.96. The van der Waals surface area contributed by atoms with Crippen molar-refractivity contribution in [3.05, 3.63) is 57.4 Å². The zero-order valence-electron chi connectivity index (χ0n) is 26.6. The SMILES string of the molecule is CCCC[Si](C)(C)c1c2c(nc3ccccc13)-c1cc3c(c(=O)n1C2)COC(=O)C3(CC)OC(=O)CNC(=O)OC(C)(C)C. The number of benzene rings is 1. The lowest BCUT2D eigenvalue weighted by atomic mass is 9.85. The number of carbonyl (C=O) groups excluding carboxylic acids is 3. The van der Waals surface area contributed by atoms with Crippen LogP contribution in [-0.4, -0.2) is 47.8 Å². The summed E-state index contributed by atoms with van der Waals surface area (Å²) in [4.78, 5) is 57.6. The Morgan fingerprint density at radius 1 is 1.14 bits per heavy atom. The van der Waals surface area contributed by atoms with Crippen LogP contribution in [0.2, 0.25) is 19.1 Å². The summed E-state index contributed by atoms with van der Waals surface area (Å²) in [5.41, 5.74) is 0.871. The molecule has 2 aliphatic rings. The summed E-state index contributed by atoms with van der Waals surface area (Å²) in [7, 11) is -1.96. The van der Waals surface area contributed by atoms with Gasteiger partial charge in [0.2, 0.25) is 5.60 Å². The van der Waals surface area contributed by atoms with Gasteiger partial charge in [-0.15, -0.1) is 0 Å². The first-order chi connectivity index (χ1) is 20.7. The highest BCUT2D eigenvalue weighted by molar-refractivity contribution is 6.91. The summed E-state index contributed by atoms with van der Waals surface area (Å²) in [6, 6.07) is 11.0. The summed E-state index contributed by atoms with van der Waals surface area (Å²) in [6.07, 6.45) is 1.46. The van der Waals surface area contributed by atoms with Crippen molar-refractivity contribution >= 4 is 42.2 Å². The standard InChI is InChI=1S/C33H41N3O7Si/c1-8-10-15-44(6,7)28-20-13-11-12-14-24(20)35-27-21(28)18-36-25(27)16-23-22(29(36)38)19-41-30(39)33(23,9-2)42-26(37)17-34-31(40)43-32(3,4)5/h11-14,16H,8-10,15,17-19H2,1-7H3,(H,34,40). The van der Waals surface area contributed by atoms with E-state index in [0.29, 0.717) is 17.8 Å². The fourth-order valence-corrected chi connectivity index (χ4v) is 9.83. The topological polar surface area (TPSA) is 126 Å². The van der Waals surface area contributed by atoms with E-state index in [1.165, 1.54) is 5.19 Å². The molecule has 0 radical (unpaired) electrons. The number of rotatable bonds is 8. The van der Waals surface area contributed by atoms with Crippen molar-refractivity contribution in [2.45, 2.75) is 97.4 Å². The number of esters is 2. The number of alkyl carbamates (subject to hydrolysis) is 1. The largest absolute Gasteiger partial charge is 0.457 e. The molecule has 44 heavy (non-hydrogen) atoms. The van der Waals surface area contributed by atoms with Gasteiger partial charge in [-0.1, -0.05) is 64.0 Å². The molecular weight excluding hydrogens is 578 g/mol. The zero-order chi connectivity index (χ0) is 32.0. The maximum Gasteiger partial charge on any atom is 0.408 e. The third kappa shape index (κ3) is 5.53. The fourth-order valence-electron chi connectivity index (χ4n) is 6.39. The second kappa shape index (κ2) is 11.5. The van der Waals surface area contributed by atoms with Crippen molar-refractivity contribution in [3.8, 4) is 11.4 Å². The predicted molar refractivity (Wildman–Crippen MR) is 169 cm³/mol. The Hall–Kier alpha value is -3.99. The average molecular weight is 620 g/mol. The molecule has 4 heterocycles. The lowest BCUT2D eigenvalue weighted by molar-refractivity contribution is -0.188. The molecule has 0 saturated heterocycles. The van der Waals surface area contributed by atoms with Crippen molar-refractivity contribution in [2.24, 2.45) is 0 Å². The van der Waals surface area contributed by atoms with E-state index in [1.54, 1.807) is 38.3 Å². The number of ether oxygens (including phenoxy) is 3. The van der Waals surface area contributed by atoms with Gasteiger partial charge in [0.15, 0.2) is 0 Å². The van der Waals surface area contributed by atoms with E-state index >= 15 is 0 Å². The van der Waals surface area contributed by atoms with Crippen LogP contribution < -0.4 is 16.1 Å². The first-order valence-electron chi connectivity index (χ1n) is 15.3. The maximum absolute atomic E-state index is 14.1. The molecule has 2 aliphatic heterocycles. The Morgan fingerprint density at radius 3 is 2.55 bits per heavy atom. The van der Waals surface area contributed by atoms with Gasteiger partial charge in [-0.25, -0.2) is 14.6 Å². The molecule has 2 aromatic heterocycles. The van der Waals surface area contributed by atoms with Gasteiger partial charge < -0.3 is 24.1 Å². The summed E-state index contributed by atoms with van der Waals surface area (Å²) >= 11 is 0. The van der Waals surface area contributed by atoms with Gasteiger partial charge in [0, 0.05) is 5.56 Å². The number of nitrogens with zero attached hydrogens (tertiary/aromatic N) is 2. The second-order valence-electron chi connectivity index (χ2n) is 13.2. The molecule has 3 aromatic rings. The third-order valence-corrected chi connectivity index (χ3v) is 12.0. The Morgan fingerprint density at radius 2 is 1.86 bits per heavy atom. The lowest BCUT2D eigenvalue weighted by Gasteiger charge is -2.35. The van der Waals surface area contributed by atoms with Crippen LogP contribution in [0.25, 0.3) is 22.3 Å². The first-order valence-corrected chi connectivity index (χ1v) is 18.5. The predicted octanol–water partition coefficient (Wildman–Crippen LogP) is 4.87. The number of hydrogen-bond donors (Lipinski definition) is 1. The van der Waals surface area contributed by atoms with Gasteiger partial charge in [-0.3, -0.25) is 9.59 Å². The van der Waals surface area contributed by atoms with E-state index in [0.717, 1.165) is 41.0 Å². The number of hydrogen-bond acceptors (Lipinski definition) is 8. The van der Waals surface area contributed by atoms with Crippen molar-refractivity contribution in [1.82, 2.24) is 14.9 Å². The van der Waals surface area contributed by atoms with Crippen LogP contribution in [0, 0.1) is 0 Å². The van der Waals surface area contributed by atoms with Gasteiger partial charge in [-0.2, -0.15) is 0 Å². The molecule has 0 spiro atoms. The molecule has 10 nitrogen and oxygen atoms in total. The molecule has 1 amide bonds. The van der Waals surface area contributed by atoms with Crippen LogP contribution in [0.3, 0.4) is 0 Å². The number of aromatic nitrogens is 2. The van der Waals surface area contributed by atoms with Crippen LogP contribution in [0.4, 0.5) is 4.79 Å².